The van der Waals surface area contributed by atoms with Gasteiger partial charge in [-0.2, -0.15) is 0 Å². The van der Waals surface area contributed by atoms with Crippen molar-refractivity contribution >= 4 is 17.8 Å². The minimum absolute atomic E-state index is 0.283. The van der Waals surface area contributed by atoms with E-state index < -0.39 is 35.7 Å². The van der Waals surface area contributed by atoms with Gasteiger partial charge in [-0.1, -0.05) is 0 Å². The van der Waals surface area contributed by atoms with Crippen molar-refractivity contribution in [2.24, 2.45) is 0 Å². The van der Waals surface area contributed by atoms with E-state index >= 15 is 0 Å². The first-order valence-electron chi connectivity index (χ1n) is 4.84. The van der Waals surface area contributed by atoms with Crippen molar-refractivity contribution in [3.8, 4) is 0 Å². The Morgan fingerprint density at radius 3 is 2.50 bits per heavy atom. The maximum absolute atomic E-state index is 11.6. The summed E-state index contributed by atoms with van der Waals surface area (Å²) in [7, 11) is 0. The lowest BCUT2D eigenvalue weighted by molar-refractivity contribution is -0.145. The highest BCUT2D eigenvalue weighted by Gasteiger charge is 2.24. The fourth-order valence-electron chi connectivity index (χ4n) is 1.20. The van der Waals surface area contributed by atoms with E-state index in [-0.39, 0.29) is 5.56 Å². The van der Waals surface area contributed by atoms with Crippen LogP contribution in [0.3, 0.4) is 0 Å². The molecule has 0 bridgehead atoms. The number of pyridine rings is 1. The molecule has 0 saturated heterocycles. The summed E-state index contributed by atoms with van der Waals surface area (Å²) < 4.78 is 0. The average Bonchev–Trinajstić information content (AvgIpc) is 2.27. The molecule has 0 aliphatic carbocycles. The topological polar surface area (TPSA) is 137 Å². The van der Waals surface area contributed by atoms with Crippen LogP contribution in [-0.2, 0) is 9.59 Å². The Morgan fingerprint density at radius 1 is 1.33 bits per heavy atom. The van der Waals surface area contributed by atoms with Crippen LogP contribution in [0.1, 0.15) is 16.8 Å². The molecule has 1 aromatic heterocycles. The third-order valence-electron chi connectivity index (χ3n) is 2.05. The molecule has 8 nitrogen and oxygen atoms in total. The van der Waals surface area contributed by atoms with Gasteiger partial charge >= 0.3 is 11.9 Å². The fourth-order valence-corrected chi connectivity index (χ4v) is 1.20. The smallest absolute Gasteiger partial charge is 0.326 e. The zero-order chi connectivity index (χ0) is 13.7. The summed E-state index contributed by atoms with van der Waals surface area (Å²) in [5.41, 5.74) is -0.875. The number of H-pyrrole nitrogens is 1. The quantitative estimate of drug-likeness (QED) is 0.533. The van der Waals surface area contributed by atoms with Gasteiger partial charge in [-0.25, -0.2) is 4.79 Å². The first-order chi connectivity index (χ1) is 8.41. The highest BCUT2D eigenvalue weighted by Crippen LogP contribution is 1.96. The number of carboxylic acids is 2. The number of carbonyl (C=O) groups excluding carboxylic acids is 1. The molecule has 1 aromatic rings. The lowest BCUT2D eigenvalue weighted by atomic mass is 10.2. The molecule has 0 saturated carbocycles. The molecule has 18 heavy (non-hydrogen) atoms. The second kappa shape index (κ2) is 5.62. The Bertz CT molecular complexity index is 535. The molecule has 0 aliphatic rings. The molecule has 96 valence electrons. The number of aliphatic carboxylic acids is 2. The molecule has 1 heterocycles. The number of hydrogen-bond donors (Lipinski definition) is 4. The number of rotatable bonds is 5. The van der Waals surface area contributed by atoms with E-state index in [9.17, 15) is 19.2 Å². The summed E-state index contributed by atoms with van der Waals surface area (Å²) >= 11 is 0. The molecule has 8 heteroatoms. The first kappa shape index (κ1) is 13.4. The fraction of sp³-hybridized carbons (Fsp3) is 0.200. The highest BCUT2D eigenvalue weighted by atomic mass is 16.4. The zero-order valence-electron chi connectivity index (χ0n) is 9.04. The largest absolute Gasteiger partial charge is 0.481 e. The predicted octanol–water partition coefficient (Wildman–Crippen LogP) is -0.967. The molecule has 1 rings (SSSR count). The Labute approximate surface area is 100 Å². The van der Waals surface area contributed by atoms with Crippen molar-refractivity contribution in [2.75, 3.05) is 0 Å². The Balaban J connectivity index is 2.85. The maximum atomic E-state index is 11.6. The van der Waals surface area contributed by atoms with Crippen molar-refractivity contribution in [3.63, 3.8) is 0 Å². The predicted molar refractivity (Wildman–Crippen MR) is 58.2 cm³/mol. The van der Waals surface area contributed by atoms with Crippen LogP contribution in [0.5, 0.6) is 0 Å². The van der Waals surface area contributed by atoms with Crippen LogP contribution in [0.2, 0.25) is 0 Å². The van der Waals surface area contributed by atoms with Gasteiger partial charge in [0.05, 0.1) is 6.42 Å². The molecule has 1 atom stereocenters. The second-order valence-electron chi connectivity index (χ2n) is 3.38. The third kappa shape index (κ3) is 3.44. The molecule has 0 radical (unpaired) electrons. The van der Waals surface area contributed by atoms with E-state index in [1.807, 2.05) is 5.32 Å². The van der Waals surface area contributed by atoms with E-state index in [2.05, 4.69) is 4.98 Å². The lowest BCUT2D eigenvalue weighted by Gasteiger charge is -2.11. The molecule has 0 aliphatic heterocycles. The van der Waals surface area contributed by atoms with E-state index in [4.69, 9.17) is 10.2 Å². The van der Waals surface area contributed by atoms with Crippen LogP contribution >= 0.6 is 0 Å². The number of hydrogen-bond acceptors (Lipinski definition) is 4. The van der Waals surface area contributed by atoms with Gasteiger partial charge in [0.1, 0.15) is 11.6 Å². The highest BCUT2D eigenvalue weighted by molar-refractivity contribution is 5.96. The minimum atomic E-state index is -1.59. The van der Waals surface area contributed by atoms with E-state index in [1.54, 1.807) is 0 Å². The van der Waals surface area contributed by atoms with E-state index in [0.717, 1.165) is 12.3 Å². The van der Waals surface area contributed by atoms with Crippen molar-refractivity contribution in [1.29, 1.82) is 0 Å². The zero-order valence-corrected chi connectivity index (χ0v) is 9.04. The minimum Gasteiger partial charge on any atom is -0.481 e. The van der Waals surface area contributed by atoms with Crippen LogP contribution in [0, 0.1) is 0 Å². The summed E-state index contributed by atoms with van der Waals surface area (Å²) in [6.45, 7) is 0. The molecular weight excluding hydrogens is 244 g/mol. The first-order valence-corrected chi connectivity index (χ1v) is 4.84. The van der Waals surface area contributed by atoms with Crippen molar-refractivity contribution in [3.05, 3.63) is 34.2 Å². The number of aromatic nitrogens is 1. The molecule has 0 spiro atoms. The van der Waals surface area contributed by atoms with Gasteiger partial charge in [0.15, 0.2) is 5.43 Å². The summed E-state index contributed by atoms with van der Waals surface area (Å²) in [6.07, 6.45) is 1.65. The Hall–Kier alpha value is -2.64. The van der Waals surface area contributed by atoms with Crippen molar-refractivity contribution < 1.29 is 24.6 Å². The van der Waals surface area contributed by atoms with E-state index in [0.29, 0.717) is 0 Å². The molecule has 0 fully saturated rings. The SMILES string of the molecule is O=C(O)CC(NC(=O)c1c[nH]ccc1=O)C(=O)O. The summed E-state index contributed by atoms with van der Waals surface area (Å²) in [5.74, 6) is -3.80. The Kier molecular flexibility index (Phi) is 4.19. The van der Waals surface area contributed by atoms with Crippen LogP contribution in [0.25, 0.3) is 0 Å². The molecule has 1 unspecified atom stereocenters. The van der Waals surface area contributed by atoms with Gasteiger partial charge in [-0.15, -0.1) is 0 Å². The summed E-state index contributed by atoms with van der Waals surface area (Å²) in [5, 5.41) is 19.2. The third-order valence-corrected chi connectivity index (χ3v) is 2.05. The molecule has 1 amide bonds. The average molecular weight is 254 g/mol. The molecule has 4 N–H and O–H groups in total. The van der Waals surface area contributed by atoms with Gasteiger partial charge in [-0.05, 0) is 0 Å². The number of nitrogens with one attached hydrogen (secondary N) is 2. The standard InChI is InChI=1S/C10H10N2O6/c13-7-1-2-11-4-5(7)9(16)12-6(10(17)18)3-8(14)15/h1-2,4,6H,3H2,(H,11,13)(H,12,16)(H,14,15)(H,17,18). The Morgan fingerprint density at radius 2 is 2.00 bits per heavy atom. The van der Waals surface area contributed by atoms with Crippen LogP contribution in [-0.4, -0.2) is 39.1 Å². The van der Waals surface area contributed by atoms with E-state index in [1.165, 1.54) is 6.20 Å². The van der Waals surface area contributed by atoms with Crippen LogP contribution in [0.15, 0.2) is 23.3 Å². The maximum Gasteiger partial charge on any atom is 0.326 e. The monoisotopic (exact) mass is 254 g/mol. The normalized spacial score (nSPS) is 11.6. The van der Waals surface area contributed by atoms with Gasteiger partial charge in [0.2, 0.25) is 0 Å². The summed E-state index contributed by atoms with van der Waals surface area (Å²) in [6, 6.07) is -0.489. The lowest BCUT2D eigenvalue weighted by Crippen LogP contribution is -2.43. The summed E-state index contributed by atoms with van der Waals surface area (Å²) in [4.78, 5) is 46.5. The van der Waals surface area contributed by atoms with Gasteiger partial charge in [0.25, 0.3) is 5.91 Å². The van der Waals surface area contributed by atoms with Crippen molar-refractivity contribution in [1.82, 2.24) is 10.3 Å². The number of aromatic amines is 1. The van der Waals surface area contributed by atoms with Gasteiger partial charge in [-0.3, -0.25) is 14.4 Å². The van der Waals surface area contributed by atoms with Crippen LogP contribution < -0.4 is 10.7 Å². The molecule has 0 aromatic carbocycles. The van der Waals surface area contributed by atoms with Gasteiger partial charge in [0, 0.05) is 18.5 Å². The second-order valence-corrected chi connectivity index (χ2v) is 3.38. The number of amides is 1. The number of carbonyl (C=O) groups is 3. The van der Waals surface area contributed by atoms with Crippen LogP contribution in [0.4, 0.5) is 0 Å². The molecular formula is C10H10N2O6. The van der Waals surface area contributed by atoms with Crippen molar-refractivity contribution in [2.45, 2.75) is 12.5 Å². The van der Waals surface area contributed by atoms with Gasteiger partial charge < -0.3 is 20.5 Å². The number of carboxylic acid groups (broad SMARTS) is 2.